The molecule has 0 unspecified atom stereocenters. The van der Waals surface area contributed by atoms with E-state index in [0.717, 1.165) is 12.1 Å². The minimum Gasteiger partial charge on any atom is -0.355 e. The Morgan fingerprint density at radius 3 is 2.42 bits per heavy atom. The molecule has 1 aliphatic heterocycles. The summed E-state index contributed by atoms with van der Waals surface area (Å²) in [6.07, 6.45) is -4.51. The largest absolute Gasteiger partial charge is 0.416 e. The molecule has 2 rings (SSSR count). The Labute approximate surface area is 151 Å². The number of rotatable bonds is 6. The molecule has 1 aromatic rings. The molecule has 0 atom stereocenters. The van der Waals surface area contributed by atoms with Crippen molar-refractivity contribution >= 4 is 15.9 Å². The van der Waals surface area contributed by atoms with E-state index in [2.05, 4.69) is 5.32 Å². The highest BCUT2D eigenvalue weighted by Crippen LogP contribution is 2.30. The third kappa shape index (κ3) is 5.68. The van der Waals surface area contributed by atoms with Crippen LogP contribution in [0, 0.1) is 0 Å². The van der Waals surface area contributed by atoms with Crippen molar-refractivity contribution in [3.63, 3.8) is 0 Å². The van der Waals surface area contributed by atoms with E-state index in [1.165, 1.54) is 16.4 Å². The molecule has 1 amide bonds. The van der Waals surface area contributed by atoms with E-state index in [1.54, 1.807) is 0 Å². The molecule has 1 saturated heterocycles. The highest BCUT2D eigenvalue weighted by atomic mass is 32.2. The second kappa shape index (κ2) is 8.36. The van der Waals surface area contributed by atoms with Gasteiger partial charge in [-0.2, -0.15) is 17.5 Å². The Kier molecular flexibility index (Phi) is 6.64. The zero-order valence-electron chi connectivity index (χ0n) is 14.4. The Balaban J connectivity index is 1.96. The van der Waals surface area contributed by atoms with Crippen LogP contribution in [0.25, 0.3) is 0 Å². The number of alkyl halides is 3. The first-order chi connectivity index (χ1) is 12.1. The fourth-order valence-electron chi connectivity index (χ4n) is 2.76. The number of carbonyl (C=O) groups is 1. The van der Waals surface area contributed by atoms with Gasteiger partial charge in [0.2, 0.25) is 15.9 Å². The summed E-state index contributed by atoms with van der Waals surface area (Å²) in [6, 6.07) is 4.36. The molecule has 146 valence electrons. The summed E-state index contributed by atoms with van der Waals surface area (Å²) in [6.45, 7) is 3.77. The number of hydrogen-bond donors (Lipinski definition) is 1. The maximum absolute atomic E-state index is 12.8. The van der Waals surface area contributed by atoms with Gasteiger partial charge >= 0.3 is 6.18 Å². The van der Waals surface area contributed by atoms with Crippen LogP contribution in [0.5, 0.6) is 0 Å². The van der Waals surface area contributed by atoms with Crippen molar-refractivity contribution in [2.24, 2.45) is 0 Å². The van der Waals surface area contributed by atoms with Crippen LogP contribution < -0.4 is 5.32 Å². The van der Waals surface area contributed by atoms with E-state index in [1.807, 2.05) is 11.8 Å². The molecule has 0 spiro atoms. The summed E-state index contributed by atoms with van der Waals surface area (Å²) < 4.78 is 64.5. The predicted octanol–water partition coefficient (Wildman–Crippen LogP) is 1.29. The second-order valence-corrected chi connectivity index (χ2v) is 8.05. The number of halogens is 3. The van der Waals surface area contributed by atoms with Gasteiger partial charge in [0.25, 0.3) is 0 Å². The van der Waals surface area contributed by atoms with Gasteiger partial charge < -0.3 is 5.32 Å². The molecule has 1 aliphatic rings. The summed E-state index contributed by atoms with van der Waals surface area (Å²) in [5, 5.41) is 2.68. The molecule has 0 saturated carbocycles. The van der Waals surface area contributed by atoms with Gasteiger partial charge in [-0.25, -0.2) is 8.42 Å². The lowest BCUT2D eigenvalue weighted by atomic mass is 10.1. The van der Waals surface area contributed by atoms with Crippen molar-refractivity contribution in [1.82, 2.24) is 14.5 Å². The lowest BCUT2D eigenvalue weighted by molar-refractivity contribution is -0.137. The van der Waals surface area contributed by atoms with Gasteiger partial charge in [0.05, 0.1) is 17.9 Å². The first-order valence-corrected chi connectivity index (χ1v) is 9.86. The third-order valence-corrected chi connectivity index (χ3v) is 5.92. The van der Waals surface area contributed by atoms with Crippen LogP contribution >= 0.6 is 0 Å². The van der Waals surface area contributed by atoms with Crippen LogP contribution in [0.2, 0.25) is 0 Å². The van der Waals surface area contributed by atoms with Gasteiger partial charge in [-0.1, -0.05) is 18.2 Å². The van der Waals surface area contributed by atoms with Crippen LogP contribution in [0.1, 0.15) is 18.1 Å². The average Bonchev–Trinajstić information content (AvgIpc) is 2.54. The van der Waals surface area contributed by atoms with E-state index in [-0.39, 0.29) is 31.1 Å². The maximum Gasteiger partial charge on any atom is 0.416 e. The topological polar surface area (TPSA) is 69.7 Å². The Bertz CT molecular complexity index is 730. The van der Waals surface area contributed by atoms with Crippen molar-refractivity contribution in [3.8, 4) is 0 Å². The maximum atomic E-state index is 12.8. The van der Waals surface area contributed by atoms with Crippen molar-refractivity contribution in [3.05, 3.63) is 35.4 Å². The van der Waals surface area contributed by atoms with E-state index in [0.29, 0.717) is 19.6 Å². The number of benzene rings is 1. The van der Waals surface area contributed by atoms with Crippen molar-refractivity contribution < 1.29 is 26.4 Å². The minimum absolute atomic E-state index is 0.101. The molecule has 1 aromatic carbocycles. The number of nitrogens with zero attached hydrogens (tertiary/aromatic N) is 2. The number of amides is 1. The molecule has 1 N–H and O–H groups in total. The minimum atomic E-state index is -4.51. The Morgan fingerprint density at radius 2 is 1.85 bits per heavy atom. The molecular weight excluding hydrogens is 371 g/mol. The Hall–Kier alpha value is -1.65. The number of likely N-dealkylation sites (N-methyl/N-ethyl adjacent to an activating group) is 1. The number of nitrogens with one attached hydrogen (secondary N) is 1. The number of piperazine rings is 1. The van der Waals surface area contributed by atoms with Crippen molar-refractivity contribution in [1.29, 1.82) is 0 Å². The molecule has 0 aromatic heterocycles. The molecule has 0 radical (unpaired) electrons. The molecule has 0 bridgehead atoms. The summed E-state index contributed by atoms with van der Waals surface area (Å²) in [4.78, 5) is 13.4. The highest BCUT2D eigenvalue weighted by Gasteiger charge is 2.32. The van der Waals surface area contributed by atoms with Gasteiger partial charge in [-0.3, -0.25) is 9.69 Å². The van der Waals surface area contributed by atoms with Crippen LogP contribution in [-0.2, 0) is 26.7 Å². The lowest BCUT2D eigenvalue weighted by Crippen LogP contribution is -2.51. The van der Waals surface area contributed by atoms with Gasteiger partial charge in [-0.15, -0.1) is 0 Å². The quantitative estimate of drug-likeness (QED) is 0.791. The molecule has 1 fully saturated rings. The molecule has 6 nitrogen and oxygen atoms in total. The standard InChI is InChI=1S/C16H22F3N3O3S/c1-2-20-15(23)11-21-6-8-22(9-7-21)26(24,25)12-13-4-3-5-14(10-13)16(17,18)19/h3-5,10H,2,6-9,11-12H2,1H3,(H,20,23). The smallest absolute Gasteiger partial charge is 0.355 e. The zero-order chi connectivity index (χ0) is 19.4. The number of carbonyl (C=O) groups excluding carboxylic acids is 1. The Morgan fingerprint density at radius 1 is 1.19 bits per heavy atom. The summed E-state index contributed by atoms with van der Waals surface area (Å²) in [5.41, 5.74) is -0.762. The SMILES string of the molecule is CCNC(=O)CN1CCN(S(=O)(=O)Cc2cccc(C(F)(F)F)c2)CC1. The predicted molar refractivity (Wildman–Crippen MR) is 90.8 cm³/mol. The zero-order valence-corrected chi connectivity index (χ0v) is 15.2. The summed E-state index contributed by atoms with van der Waals surface area (Å²) in [5.74, 6) is -0.597. The number of sulfonamides is 1. The molecule has 10 heteroatoms. The van der Waals surface area contributed by atoms with Crippen LogP contribution in [0.15, 0.2) is 24.3 Å². The highest BCUT2D eigenvalue weighted by molar-refractivity contribution is 7.88. The van der Waals surface area contributed by atoms with Crippen LogP contribution in [0.4, 0.5) is 13.2 Å². The average molecular weight is 393 g/mol. The molecule has 26 heavy (non-hydrogen) atoms. The van der Waals surface area contributed by atoms with Crippen LogP contribution in [0.3, 0.4) is 0 Å². The summed E-state index contributed by atoms with van der Waals surface area (Å²) >= 11 is 0. The third-order valence-electron chi connectivity index (χ3n) is 4.07. The first kappa shape index (κ1) is 20.7. The molecular formula is C16H22F3N3O3S. The normalized spacial score (nSPS) is 17.2. The fraction of sp³-hybridized carbons (Fsp3) is 0.562. The molecule has 1 heterocycles. The fourth-order valence-corrected chi connectivity index (χ4v) is 4.26. The van der Waals surface area contributed by atoms with E-state index in [4.69, 9.17) is 0 Å². The van der Waals surface area contributed by atoms with Gasteiger partial charge in [-0.05, 0) is 18.6 Å². The number of hydrogen-bond acceptors (Lipinski definition) is 4. The van der Waals surface area contributed by atoms with Crippen molar-refractivity contribution in [2.75, 3.05) is 39.3 Å². The van der Waals surface area contributed by atoms with E-state index >= 15 is 0 Å². The van der Waals surface area contributed by atoms with Gasteiger partial charge in [0, 0.05) is 32.7 Å². The summed E-state index contributed by atoms with van der Waals surface area (Å²) in [7, 11) is -3.72. The molecule has 0 aliphatic carbocycles. The second-order valence-electron chi connectivity index (χ2n) is 6.08. The van der Waals surface area contributed by atoms with Crippen LogP contribution in [-0.4, -0.2) is 62.8 Å². The van der Waals surface area contributed by atoms with E-state index < -0.39 is 27.5 Å². The lowest BCUT2D eigenvalue weighted by Gasteiger charge is -2.33. The van der Waals surface area contributed by atoms with Gasteiger partial charge in [0.15, 0.2) is 0 Å². The first-order valence-electron chi connectivity index (χ1n) is 8.25. The van der Waals surface area contributed by atoms with Gasteiger partial charge in [0.1, 0.15) is 0 Å². The van der Waals surface area contributed by atoms with E-state index in [9.17, 15) is 26.4 Å². The van der Waals surface area contributed by atoms with Crippen molar-refractivity contribution in [2.45, 2.75) is 18.9 Å². The monoisotopic (exact) mass is 393 g/mol.